The summed E-state index contributed by atoms with van der Waals surface area (Å²) < 4.78 is 49.2. The topological polar surface area (TPSA) is 276 Å². The highest BCUT2D eigenvalue weighted by Gasteiger charge is 2.54. The monoisotopic (exact) mass is 976 g/mol. The highest BCUT2D eigenvalue weighted by Crippen LogP contribution is 2.49. The van der Waals surface area contributed by atoms with E-state index in [0.29, 0.717) is 32.1 Å². The lowest BCUT2D eigenvalue weighted by Gasteiger charge is -2.43. The van der Waals surface area contributed by atoms with Crippen LogP contribution in [0.2, 0.25) is 0 Å². The van der Waals surface area contributed by atoms with E-state index in [1.54, 1.807) is 12.2 Å². The minimum Gasteiger partial charge on any atom is -0.462 e. The third-order valence-electron chi connectivity index (χ3n) is 10.0. The molecule has 0 heterocycles. The number of phosphoric ester groups is 2. The quantitative estimate of drug-likeness (QED) is 0.00979. The van der Waals surface area contributed by atoms with Gasteiger partial charge in [0.15, 0.2) is 6.10 Å². The Labute approximate surface area is 391 Å². The molecule has 1 rings (SSSR count). The Hall–Kier alpha value is -2.86. The fourth-order valence-corrected chi connectivity index (χ4v) is 7.96. The largest absolute Gasteiger partial charge is 0.472 e. The van der Waals surface area contributed by atoms with Crippen LogP contribution in [-0.2, 0) is 41.8 Å². The maximum Gasteiger partial charge on any atom is 0.472 e. The number of aliphatic hydroxyl groups is 5. The van der Waals surface area contributed by atoms with Crippen molar-refractivity contribution in [1.82, 2.24) is 0 Å². The number of aliphatic hydroxyl groups excluding tert-OH is 5. The second-order valence-corrected chi connectivity index (χ2v) is 18.5. The highest BCUT2D eigenvalue weighted by atomic mass is 31.2. The van der Waals surface area contributed by atoms with Crippen LogP contribution in [-0.4, -0.2) is 114 Å². The van der Waals surface area contributed by atoms with E-state index >= 15 is 0 Å². The zero-order valence-corrected chi connectivity index (χ0v) is 40.5. The Morgan fingerprint density at radius 2 is 1.14 bits per heavy atom. The lowest BCUT2D eigenvalue weighted by Crippen LogP contribution is -2.64. The molecule has 0 aromatic rings. The maximum absolute atomic E-state index is 13.0. The first kappa shape index (κ1) is 61.2. The standard InChI is InChI=1S/C47H78O17P2/c1-3-5-7-9-11-12-13-14-15-20-23-27-31-35-41(50)62-39(37-61-66(58,59)64-47-44(53)42(51)43(52)46(45(47)54)63-65(55,56)57)36-60-40(49)34-30-26-22-19-17-16-18-21-25-29-33-38(48)32-28-24-10-8-6-4-2/h6,8,12-13,16-17,21-22,24-26,28-29,33,38-39,42-48,51-54H,3-5,7,9-11,14-15,18-20,23,27,30-32,34-37H2,1-2H3,(H,58,59)(H2,55,56,57)/b8-6-,13-12-,17-16-,25-21-,26-22-,28-24-,33-29+/t38?,39-,42?,43?,44?,45?,46-,47+/m1/s1. The number of esters is 2. The van der Waals surface area contributed by atoms with Crippen LogP contribution in [0.15, 0.2) is 85.1 Å². The molecule has 378 valence electrons. The number of rotatable bonds is 37. The zero-order chi connectivity index (χ0) is 49.1. The maximum atomic E-state index is 13.0. The van der Waals surface area contributed by atoms with Crippen molar-refractivity contribution >= 4 is 27.6 Å². The van der Waals surface area contributed by atoms with Crippen molar-refractivity contribution in [2.24, 2.45) is 0 Å². The summed E-state index contributed by atoms with van der Waals surface area (Å²) in [6.45, 7) is 2.82. The van der Waals surface area contributed by atoms with E-state index in [1.807, 2.05) is 48.6 Å². The average molecular weight is 977 g/mol. The second-order valence-electron chi connectivity index (χ2n) is 15.9. The highest BCUT2D eigenvalue weighted by molar-refractivity contribution is 7.47. The van der Waals surface area contributed by atoms with Crippen molar-refractivity contribution in [3.8, 4) is 0 Å². The fraction of sp³-hybridized carbons (Fsp3) is 0.660. The van der Waals surface area contributed by atoms with E-state index in [-0.39, 0.29) is 12.8 Å². The molecule has 0 spiro atoms. The summed E-state index contributed by atoms with van der Waals surface area (Å²) in [5.74, 6) is -1.35. The molecule has 19 heteroatoms. The summed E-state index contributed by atoms with van der Waals surface area (Å²) in [5, 5.41) is 51.2. The van der Waals surface area contributed by atoms with Gasteiger partial charge in [-0.1, -0.05) is 137 Å². The molecule has 0 saturated heterocycles. The molecule has 9 atom stereocenters. The SMILES string of the molecule is CC/C=C\C/C=C\CC(O)/C=C/C=C\C/C=C\C/C=C\CCC(=O)OC[C@H](COP(=O)(O)O[C@H]1C(O)C(O)C(O)[C@@H](OP(=O)(O)O)C1O)OC(=O)CCCCCCC/C=C\CCCCCC. The molecule has 0 aromatic carbocycles. The molecule has 17 nitrogen and oxygen atoms in total. The summed E-state index contributed by atoms with van der Waals surface area (Å²) in [7, 11) is -10.7. The van der Waals surface area contributed by atoms with E-state index in [0.717, 1.165) is 51.4 Å². The lowest BCUT2D eigenvalue weighted by molar-refractivity contribution is -0.216. The van der Waals surface area contributed by atoms with Crippen LogP contribution in [0.1, 0.15) is 136 Å². The van der Waals surface area contributed by atoms with Crippen molar-refractivity contribution in [3.63, 3.8) is 0 Å². The van der Waals surface area contributed by atoms with Crippen LogP contribution in [0.25, 0.3) is 0 Å². The van der Waals surface area contributed by atoms with E-state index in [2.05, 4.69) is 42.7 Å². The van der Waals surface area contributed by atoms with Gasteiger partial charge in [0.05, 0.1) is 12.7 Å². The van der Waals surface area contributed by atoms with Crippen LogP contribution >= 0.6 is 15.6 Å². The first-order valence-electron chi connectivity index (χ1n) is 23.2. The first-order chi connectivity index (χ1) is 31.5. The van der Waals surface area contributed by atoms with E-state index < -0.39 is 89.6 Å². The van der Waals surface area contributed by atoms with E-state index in [1.165, 1.54) is 25.7 Å². The number of carbonyl (C=O) groups is 2. The van der Waals surface area contributed by atoms with Gasteiger partial charge in [0.25, 0.3) is 0 Å². The van der Waals surface area contributed by atoms with Crippen LogP contribution in [0.5, 0.6) is 0 Å². The summed E-state index contributed by atoms with van der Waals surface area (Å²) in [6, 6.07) is 0. The van der Waals surface area contributed by atoms with Crippen molar-refractivity contribution in [1.29, 1.82) is 0 Å². The molecule has 0 aromatic heterocycles. The predicted octanol–water partition coefficient (Wildman–Crippen LogP) is 7.58. The number of ether oxygens (including phenoxy) is 2. The Kier molecular flexibility index (Phi) is 34.4. The van der Waals surface area contributed by atoms with Crippen LogP contribution < -0.4 is 0 Å². The van der Waals surface area contributed by atoms with Crippen LogP contribution in [0.4, 0.5) is 0 Å². The van der Waals surface area contributed by atoms with Crippen molar-refractivity contribution in [2.75, 3.05) is 13.2 Å². The molecule has 1 aliphatic rings. The van der Waals surface area contributed by atoms with Gasteiger partial charge in [-0.05, 0) is 70.6 Å². The number of hydrogen-bond acceptors (Lipinski definition) is 14. The number of carbonyl (C=O) groups excluding carboxylic acids is 2. The molecular weight excluding hydrogens is 898 g/mol. The Morgan fingerprint density at radius 3 is 1.79 bits per heavy atom. The molecule has 0 radical (unpaired) electrons. The van der Waals surface area contributed by atoms with Gasteiger partial charge in [-0.2, -0.15) is 0 Å². The summed E-state index contributed by atoms with van der Waals surface area (Å²) in [5.41, 5.74) is 0. The van der Waals surface area contributed by atoms with Gasteiger partial charge in [0, 0.05) is 12.8 Å². The summed E-state index contributed by atoms with van der Waals surface area (Å²) in [4.78, 5) is 54.2. The van der Waals surface area contributed by atoms with Crippen LogP contribution in [0, 0.1) is 0 Å². The molecule has 1 saturated carbocycles. The van der Waals surface area contributed by atoms with Gasteiger partial charge in [-0.15, -0.1) is 0 Å². The molecule has 8 N–H and O–H groups in total. The van der Waals surface area contributed by atoms with Crippen LogP contribution in [0.3, 0.4) is 0 Å². The minimum atomic E-state index is -5.38. The smallest absolute Gasteiger partial charge is 0.462 e. The Morgan fingerprint density at radius 1 is 0.576 bits per heavy atom. The second kappa shape index (κ2) is 37.1. The molecule has 66 heavy (non-hydrogen) atoms. The molecule has 1 fully saturated rings. The minimum absolute atomic E-state index is 0.00352. The third kappa shape index (κ3) is 31.2. The van der Waals surface area contributed by atoms with E-state index in [9.17, 15) is 49.1 Å². The Balaban J connectivity index is 2.68. The number of phosphoric acid groups is 2. The normalized spacial score (nSPS) is 22.8. The molecule has 1 aliphatic carbocycles. The molecular formula is C47H78O17P2. The molecule has 0 amide bonds. The van der Waals surface area contributed by atoms with Crippen molar-refractivity contribution < 1.29 is 82.0 Å². The first-order valence-corrected chi connectivity index (χ1v) is 26.3. The summed E-state index contributed by atoms with van der Waals surface area (Å²) in [6.07, 6.45) is 27.3. The molecule has 0 aliphatic heterocycles. The van der Waals surface area contributed by atoms with Gasteiger partial charge in [-0.25, -0.2) is 9.13 Å². The number of hydrogen-bond donors (Lipinski definition) is 8. The van der Waals surface area contributed by atoms with Crippen molar-refractivity contribution in [3.05, 3.63) is 85.1 Å². The van der Waals surface area contributed by atoms with Gasteiger partial charge in [-0.3, -0.25) is 23.2 Å². The van der Waals surface area contributed by atoms with E-state index in [4.69, 9.17) is 28.3 Å². The molecule has 6 unspecified atom stereocenters. The predicted molar refractivity (Wildman–Crippen MR) is 251 cm³/mol. The molecule has 0 bridgehead atoms. The fourth-order valence-electron chi connectivity index (χ4n) is 6.42. The third-order valence-corrected chi connectivity index (χ3v) is 11.6. The van der Waals surface area contributed by atoms with Gasteiger partial charge in [0.2, 0.25) is 0 Å². The Bertz CT molecular complexity index is 1620. The summed E-state index contributed by atoms with van der Waals surface area (Å²) >= 11 is 0. The number of unbranched alkanes of at least 4 members (excludes halogenated alkanes) is 9. The van der Waals surface area contributed by atoms with Gasteiger partial charge in [0.1, 0.15) is 43.2 Å². The average Bonchev–Trinajstić information content (AvgIpc) is 3.27. The van der Waals surface area contributed by atoms with Gasteiger partial charge >= 0.3 is 27.6 Å². The zero-order valence-electron chi connectivity index (χ0n) is 38.7. The van der Waals surface area contributed by atoms with Crippen molar-refractivity contribution in [2.45, 2.75) is 185 Å². The number of allylic oxidation sites excluding steroid dienone is 12. The lowest BCUT2D eigenvalue weighted by atomic mass is 9.85. The van der Waals surface area contributed by atoms with Gasteiger partial charge < -0.3 is 49.7 Å².